The summed E-state index contributed by atoms with van der Waals surface area (Å²) in [6, 6.07) is 21.3. The number of likely N-dealkylation sites (tertiary alicyclic amines) is 1. The lowest BCUT2D eigenvalue weighted by Gasteiger charge is -2.41. The molecule has 0 aliphatic carbocycles. The summed E-state index contributed by atoms with van der Waals surface area (Å²) in [5.74, 6) is 1.02. The summed E-state index contributed by atoms with van der Waals surface area (Å²) in [6.07, 6.45) is 3.38. The van der Waals surface area contributed by atoms with Gasteiger partial charge in [-0.2, -0.15) is 0 Å². The lowest BCUT2D eigenvalue weighted by Crippen LogP contribution is -2.55. The van der Waals surface area contributed by atoms with Gasteiger partial charge in [0.05, 0.1) is 6.04 Å². The Morgan fingerprint density at radius 2 is 1.45 bits per heavy atom. The molecule has 0 spiro atoms. The zero-order valence-corrected chi connectivity index (χ0v) is 17.5. The number of amides is 1. The summed E-state index contributed by atoms with van der Waals surface area (Å²) in [4.78, 5) is 20.0. The van der Waals surface area contributed by atoms with Gasteiger partial charge in [-0.05, 0) is 49.8 Å². The Kier molecular flexibility index (Phi) is 6.50. The highest BCUT2D eigenvalue weighted by Crippen LogP contribution is 2.23. The van der Waals surface area contributed by atoms with E-state index in [0.717, 1.165) is 58.5 Å². The van der Waals surface area contributed by atoms with E-state index in [4.69, 9.17) is 0 Å². The van der Waals surface area contributed by atoms with Gasteiger partial charge in [0, 0.05) is 45.0 Å². The van der Waals surface area contributed by atoms with Crippen LogP contribution in [0.1, 0.15) is 25.3 Å². The van der Waals surface area contributed by atoms with Crippen molar-refractivity contribution in [1.82, 2.24) is 9.80 Å². The third-order valence-corrected chi connectivity index (χ3v) is 6.63. The predicted molar refractivity (Wildman–Crippen MR) is 119 cm³/mol. The molecular weight excluding hydrogens is 358 g/mol. The monoisotopic (exact) mass is 391 g/mol. The van der Waals surface area contributed by atoms with Crippen LogP contribution in [-0.2, 0) is 11.2 Å². The van der Waals surface area contributed by atoms with Crippen molar-refractivity contribution in [3.05, 3.63) is 66.2 Å². The molecule has 1 unspecified atom stereocenters. The molecule has 0 N–H and O–H groups in total. The Hall–Kier alpha value is -2.33. The van der Waals surface area contributed by atoms with Gasteiger partial charge in [-0.15, -0.1) is 0 Å². The van der Waals surface area contributed by atoms with E-state index in [-0.39, 0.29) is 6.04 Å². The maximum atomic E-state index is 13.1. The number of hydrogen-bond acceptors (Lipinski definition) is 3. The molecule has 2 aliphatic heterocycles. The van der Waals surface area contributed by atoms with Crippen molar-refractivity contribution < 1.29 is 4.79 Å². The first-order valence-electron chi connectivity index (χ1n) is 11.1. The fourth-order valence-corrected chi connectivity index (χ4v) is 4.73. The van der Waals surface area contributed by atoms with Crippen LogP contribution in [0.4, 0.5) is 5.69 Å². The summed E-state index contributed by atoms with van der Waals surface area (Å²) >= 11 is 0. The number of piperidine rings is 1. The average molecular weight is 392 g/mol. The molecule has 1 atom stereocenters. The smallest absolute Gasteiger partial charge is 0.239 e. The van der Waals surface area contributed by atoms with E-state index < -0.39 is 0 Å². The molecule has 0 saturated carbocycles. The van der Waals surface area contributed by atoms with E-state index in [1.165, 1.54) is 11.3 Å². The van der Waals surface area contributed by atoms with Gasteiger partial charge < -0.3 is 9.80 Å². The first-order valence-corrected chi connectivity index (χ1v) is 11.1. The molecule has 2 aromatic rings. The Labute approximate surface area is 175 Å². The van der Waals surface area contributed by atoms with Crippen molar-refractivity contribution >= 4 is 11.6 Å². The number of piperazine rings is 1. The minimum Gasteiger partial charge on any atom is -0.369 e. The van der Waals surface area contributed by atoms with Crippen molar-refractivity contribution in [2.24, 2.45) is 5.92 Å². The van der Waals surface area contributed by atoms with E-state index in [1.54, 1.807) is 0 Å². The molecule has 0 bridgehead atoms. The number of para-hydroxylation sites is 1. The molecule has 0 radical (unpaired) electrons. The quantitative estimate of drug-likeness (QED) is 0.778. The lowest BCUT2D eigenvalue weighted by atomic mass is 9.90. The molecule has 2 saturated heterocycles. The number of hydrogen-bond donors (Lipinski definition) is 0. The van der Waals surface area contributed by atoms with Crippen molar-refractivity contribution in [1.29, 1.82) is 0 Å². The van der Waals surface area contributed by atoms with Gasteiger partial charge in [-0.1, -0.05) is 48.5 Å². The summed E-state index contributed by atoms with van der Waals surface area (Å²) in [5.41, 5.74) is 2.70. The van der Waals surface area contributed by atoms with Crippen LogP contribution in [0.5, 0.6) is 0 Å². The molecule has 29 heavy (non-hydrogen) atoms. The SMILES string of the molecule is CC(C(=O)N1CCC(Cc2ccccc2)CC1)N1CCN(c2ccccc2)CC1. The third-order valence-electron chi connectivity index (χ3n) is 6.63. The number of carbonyl (C=O) groups is 1. The number of benzene rings is 2. The highest BCUT2D eigenvalue weighted by Gasteiger charge is 2.31. The van der Waals surface area contributed by atoms with Crippen LogP contribution in [0.2, 0.25) is 0 Å². The molecule has 4 heteroatoms. The average Bonchev–Trinajstić information content (AvgIpc) is 2.80. The summed E-state index contributed by atoms with van der Waals surface area (Å²) in [7, 11) is 0. The molecule has 2 fully saturated rings. The van der Waals surface area contributed by atoms with Crippen molar-refractivity contribution in [3.8, 4) is 0 Å². The van der Waals surface area contributed by atoms with Crippen LogP contribution in [0.15, 0.2) is 60.7 Å². The van der Waals surface area contributed by atoms with Gasteiger partial charge in [0.15, 0.2) is 0 Å². The molecule has 4 nitrogen and oxygen atoms in total. The number of rotatable bonds is 5. The highest BCUT2D eigenvalue weighted by molar-refractivity contribution is 5.81. The van der Waals surface area contributed by atoms with E-state index in [1.807, 2.05) is 0 Å². The molecule has 2 aliphatic rings. The molecule has 2 heterocycles. The summed E-state index contributed by atoms with van der Waals surface area (Å²) in [5, 5.41) is 0. The summed E-state index contributed by atoms with van der Waals surface area (Å²) < 4.78 is 0. The first-order chi connectivity index (χ1) is 14.2. The van der Waals surface area contributed by atoms with Gasteiger partial charge in [0.1, 0.15) is 0 Å². The Balaban J connectivity index is 1.24. The second kappa shape index (κ2) is 9.45. The maximum Gasteiger partial charge on any atom is 0.239 e. The number of anilines is 1. The topological polar surface area (TPSA) is 26.8 Å². The van der Waals surface area contributed by atoms with E-state index >= 15 is 0 Å². The molecule has 1 amide bonds. The highest BCUT2D eigenvalue weighted by atomic mass is 16.2. The van der Waals surface area contributed by atoms with Gasteiger partial charge >= 0.3 is 0 Å². The van der Waals surface area contributed by atoms with Gasteiger partial charge in [-0.25, -0.2) is 0 Å². The molecular formula is C25H33N3O. The van der Waals surface area contributed by atoms with Crippen LogP contribution < -0.4 is 4.90 Å². The largest absolute Gasteiger partial charge is 0.369 e. The molecule has 4 rings (SSSR count). The first kappa shape index (κ1) is 20.0. The van der Waals surface area contributed by atoms with Crippen LogP contribution in [0.3, 0.4) is 0 Å². The Bertz CT molecular complexity index is 763. The van der Waals surface area contributed by atoms with Crippen LogP contribution in [-0.4, -0.2) is 61.0 Å². The fourth-order valence-electron chi connectivity index (χ4n) is 4.73. The third kappa shape index (κ3) is 4.99. The Morgan fingerprint density at radius 3 is 2.07 bits per heavy atom. The standard InChI is InChI=1S/C25H33N3O/c1-21(26-16-18-27(19-17-26)24-10-6-3-7-11-24)25(29)28-14-12-23(13-15-28)20-22-8-4-2-5-9-22/h2-11,21,23H,12-20H2,1H3. The second-order valence-electron chi connectivity index (χ2n) is 8.49. The van der Waals surface area contributed by atoms with Crippen molar-refractivity contribution in [3.63, 3.8) is 0 Å². The van der Waals surface area contributed by atoms with Crippen molar-refractivity contribution in [2.45, 2.75) is 32.2 Å². The van der Waals surface area contributed by atoms with Gasteiger partial charge in [0.2, 0.25) is 5.91 Å². The van der Waals surface area contributed by atoms with Crippen LogP contribution >= 0.6 is 0 Å². The normalized spacial score (nSPS) is 19.9. The van der Waals surface area contributed by atoms with Crippen LogP contribution in [0, 0.1) is 5.92 Å². The molecule has 2 aromatic carbocycles. The minimum atomic E-state index is -0.0152. The lowest BCUT2D eigenvalue weighted by molar-refractivity contribution is -0.138. The van der Waals surface area contributed by atoms with E-state index in [9.17, 15) is 4.79 Å². The van der Waals surface area contributed by atoms with Crippen LogP contribution in [0.25, 0.3) is 0 Å². The summed E-state index contributed by atoms with van der Waals surface area (Å²) in [6.45, 7) is 7.78. The maximum absolute atomic E-state index is 13.1. The number of carbonyl (C=O) groups excluding carboxylic acids is 1. The van der Waals surface area contributed by atoms with Gasteiger partial charge in [0.25, 0.3) is 0 Å². The minimum absolute atomic E-state index is 0.0152. The zero-order valence-electron chi connectivity index (χ0n) is 17.5. The van der Waals surface area contributed by atoms with E-state index in [0.29, 0.717) is 11.8 Å². The van der Waals surface area contributed by atoms with E-state index in [2.05, 4.69) is 82.3 Å². The fraction of sp³-hybridized carbons (Fsp3) is 0.480. The predicted octanol–water partition coefficient (Wildman–Crippen LogP) is 3.68. The zero-order chi connectivity index (χ0) is 20.1. The molecule has 0 aromatic heterocycles. The van der Waals surface area contributed by atoms with Gasteiger partial charge in [-0.3, -0.25) is 9.69 Å². The number of nitrogens with zero attached hydrogens (tertiary/aromatic N) is 3. The Morgan fingerprint density at radius 1 is 0.862 bits per heavy atom. The second-order valence-corrected chi connectivity index (χ2v) is 8.49. The molecule has 154 valence electrons. The van der Waals surface area contributed by atoms with Crippen molar-refractivity contribution in [2.75, 3.05) is 44.2 Å².